The zero-order valence-corrected chi connectivity index (χ0v) is 10.7. The van der Waals surface area contributed by atoms with Gasteiger partial charge in [0.1, 0.15) is 5.75 Å². The quantitative estimate of drug-likeness (QED) is 0.458. The molecule has 5 heteroatoms. The van der Waals surface area contributed by atoms with Crippen LogP contribution >= 0.6 is 11.8 Å². The summed E-state index contributed by atoms with van der Waals surface area (Å²) in [5, 5.41) is 0. The maximum Gasteiger partial charge on any atom is 0.315 e. The number of rotatable bonds is 7. The molecule has 0 radical (unpaired) electrons. The zero-order valence-electron chi connectivity index (χ0n) is 9.85. The van der Waals surface area contributed by atoms with E-state index in [0.717, 1.165) is 12.2 Å². The predicted molar refractivity (Wildman–Crippen MR) is 70.3 cm³/mol. The fourth-order valence-electron chi connectivity index (χ4n) is 1.17. The Labute approximate surface area is 105 Å². The number of thioether (sulfide) groups is 1. The number of nitrogen functional groups attached to an aromatic ring is 1. The Bertz CT molecular complexity index is 357. The summed E-state index contributed by atoms with van der Waals surface area (Å²) in [6.07, 6.45) is 0.871. The molecule has 0 saturated heterocycles. The number of anilines is 1. The van der Waals surface area contributed by atoms with E-state index in [-0.39, 0.29) is 5.97 Å². The van der Waals surface area contributed by atoms with Gasteiger partial charge in [-0.25, -0.2) is 0 Å². The Morgan fingerprint density at radius 3 is 2.88 bits per heavy atom. The van der Waals surface area contributed by atoms with Gasteiger partial charge in [-0.2, -0.15) is 11.8 Å². The number of para-hydroxylation sites is 2. The van der Waals surface area contributed by atoms with Crippen molar-refractivity contribution < 1.29 is 14.3 Å². The van der Waals surface area contributed by atoms with Crippen LogP contribution in [0.1, 0.15) is 6.42 Å². The van der Waals surface area contributed by atoms with Gasteiger partial charge >= 0.3 is 5.97 Å². The van der Waals surface area contributed by atoms with Crippen LogP contribution in [-0.2, 0) is 9.53 Å². The van der Waals surface area contributed by atoms with Crippen LogP contribution in [0.3, 0.4) is 0 Å². The summed E-state index contributed by atoms with van der Waals surface area (Å²) in [6, 6.07) is 7.41. The van der Waals surface area contributed by atoms with Gasteiger partial charge in [0.2, 0.25) is 0 Å². The lowest BCUT2D eigenvalue weighted by atomic mass is 10.3. The molecule has 1 aromatic carbocycles. The fraction of sp³-hybridized carbons (Fsp3) is 0.417. The molecule has 0 aromatic heterocycles. The summed E-state index contributed by atoms with van der Waals surface area (Å²) >= 11 is 1.54. The van der Waals surface area contributed by atoms with E-state index in [4.69, 9.17) is 10.5 Å². The highest BCUT2D eigenvalue weighted by atomic mass is 32.2. The average molecular weight is 255 g/mol. The monoisotopic (exact) mass is 255 g/mol. The molecular formula is C12H17NO3S. The van der Waals surface area contributed by atoms with E-state index in [1.54, 1.807) is 6.07 Å². The Morgan fingerprint density at radius 1 is 1.41 bits per heavy atom. The molecule has 0 saturated carbocycles. The predicted octanol–water partition coefficient (Wildman–Crippen LogP) is 1.94. The molecule has 0 aliphatic heterocycles. The molecule has 17 heavy (non-hydrogen) atoms. The average Bonchev–Trinajstić information content (AvgIpc) is 2.35. The molecule has 0 bridgehead atoms. The minimum Gasteiger partial charge on any atom is -0.491 e. The van der Waals surface area contributed by atoms with Crippen molar-refractivity contribution in [3.63, 3.8) is 0 Å². The molecule has 0 fully saturated rings. The fourth-order valence-corrected chi connectivity index (χ4v) is 1.92. The SMILES string of the molecule is COC(=O)CSCCCOc1ccccc1N. The van der Waals surface area contributed by atoms with Crippen molar-refractivity contribution >= 4 is 23.4 Å². The van der Waals surface area contributed by atoms with Crippen LogP contribution in [0.25, 0.3) is 0 Å². The van der Waals surface area contributed by atoms with Gasteiger partial charge in [0.15, 0.2) is 0 Å². The van der Waals surface area contributed by atoms with Crippen molar-refractivity contribution in [2.24, 2.45) is 0 Å². The number of hydrogen-bond donors (Lipinski definition) is 1. The van der Waals surface area contributed by atoms with Gasteiger partial charge in [-0.3, -0.25) is 4.79 Å². The number of esters is 1. The molecule has 4 nitrogen and oxygen atoms in total. The third-order valence-electron chi connectivity index (χ3n) is 2.06. The van der Waals surface area contributed by atoms with Crippen LogP contribution in [0.5, 0.6) is 5.75 Å². The van der Waals surface area contributed by atoms with Crippen LogP contribution in [-0.4, -0.2) is 31.2 Å². The van der Waals surface area contributed by atoms with E-state index in [2.05, 4.69) is 4.74 Å². The number of ether oxygens (including phenoxy) is 2. The first-order valence-corrected chi connectivity index (χ1v) is 6.51. The number of benzene rings is 1. The third-order valence-corrected chi connectivity index (χ3v) is 3.07. The van der Waals surface area contributed by atoms with Gasteiger partial charge < -0.3 is 15.2 Å². The molecule has 0 atom stereocenters. The van der Waals surface area contributed by atoms with Gasteiger partial charge in [-0.05, 0) is 24.3 Å². The van der Waals surface area contributed by atoms with E-state index >= 15 is 0 Å². The Balaban J connectivity index is 2.09. The molecule has 1 rings (SSSR count). The summed E-state index contributed by atoms with van der Waals surface area (Å²) in [4.78, 5) is 10.8. The zero-order chi connectivity index (χ0) is 12.5. The molecule has 0 aliphatic carbocycles. The lowest BCUT2D eigenvalue weighted by molar-refractivity contribution is -0.137. The summed E-state index contributed by atoms with van der Waals surface area (Å²) in [5.41, 5.74) is 6.38. The second kappa shape index (κ2) is 7.84. The second-order valence-electron chi connectivity index (χ2n) is 3.37. The van der Waals surface area contributed by atoms with E-state index in [0.29, 0.717) is 23.8 Å². The first kappa shape index (κ1) is 13.7. The van der Waals surface area contributed by atoms with Crippen molar-refractivity contribution in [3.8, 4) is 5.75 Å². The maximum absolute atomic E-state index is 10.8. The van der Waals surface area contributed by atoms with Crippen LogP contribution in [0, 0.1) is 0 Å². The van der Waals surface area contributed by atoms with Crippen LogP contribution < -0.4 is 10.5 Å². The lowest BCUT2D eigenvalue weighted by Gasteiger charge is -2.07. The molecule has 0 aliphatic rings. The Kier molecular flexibility index (Phi) is 6.32. The number of methoxy groups -OCH3 is 1. The van der Waals surface area contributed by atoms with Crippen molar-refractivity contribution in [2.45, 2.75) is 6.42 Å². The lowest BCUT2D eigenvalue weighted by Crippen LogP contribution is -2.05. The molecule has 0 amide bonds. The Hall–Kier alpha value is -1.36. The summed E-state index contributed by atoms with van der Waals surface area (Å²) in [6.45, 7) is 0.600. The van der Waals surface area contributed by atoms with Crippen LogP contribution in [0.15, 0.2) is 24.3 Å². The standard InChI is InChI=1S/C12H17NO3S/c1-15-12(14)9-17-8-4-7-16-11-6-3-2-5-10(11)13/h2-3,5-6H,4,7-9,13H2,1H3. The van der Waals surface area contributed by atoms with Crippen LogP contribution in [0.4, 0.5) is 5.69 Å². The van der Waals surface area contributed by atoms with E-state index in [1.807, 2.05) is 18.2 Å². The highest BCUT2D eigenvalue weighted by molar-refractivity contribution is 7.99. The first-order valence-electron chi connectivity index (χ1n) is 5.36. The number of carbonyl (C=O) groups excluding carboxylic acids is 1. The van der Waals surface area contributed by atoms with Crippen molar-refractivity contribution in [1.29, 1.82) is 0 Å². The van der Waals surface area contributed by atoms with Crippen molar-refractivity contribution in [2.75, 3.05) is 31.0 Å². The molecule has 1 aromatic rings. The maximum atomic E-state index is 10.8. The number of hydrogen-bond acceptors (Lipinski definition) is 5. The minimum atomic E-state index is -0.191. The Morgan fingerprint density at radius 2 is 2.18 bits per heavy atom. The normalized spacial score (nSPS) is 9.94. The number of carbonyl (C=O) groups is 1. The highest BCUT2D eigenvalue weighted by Gasteiger charge is 2.00. The van der Waals surface area contributed by atoms with Crippen LogP contribution in [0.2, 0.25) is 0 Å². The topological polar surface area (TPSA) is 61.5 Å². The minimum absolute atomic E-state index is 0.191. The molecule has 0 heterocycles. The number of nitrogens with two attached hydrogens (primary N) is 1. The summed E-state index contributed by atoms with van der Waals surface area (Å²) in [5.74, 6) is 1.78. The molecule has 0 spiro atoms. The van der Waals surface area contributed by atoms with Crippen molar-refractivity contribution in [3.05, 3.63) is 24.3 Å². The molecular weight excluding hydrogens is 238 g/mol. The smallest absolute Gasteiger partial charge is 0.315 e. The molecule has 0 unspecified atom stereocenters. The summed E-state index contributed by atoms with van der Waals surface area (Å²) in [7, 11) is 1.39. The second-order valence-corrected chi connectivity index (χ2v) is 4.47. The summed E-state index contributed by atoms with van der Waals surface area (Å²) < 4.78 is 10.0. The molecule has 2 N–H and O–H groups in total. The largest absolute Gasteiger partial charge is 0.491 e. The van der Waals surface area contributed by atoms with E-state index in [1.165, 1.54) is 18.9 Å². The van der Waals surface area contributed by atoms with E-state index < -0.39 is 0 Å². The van der Waals surface area contributed by atoms with Gasteiger partial charge in [0, 0.05) is 0 Å². The first-order chi connectivity index (χ1) is 8.24. The van der Waals surface area contributed by atoms with Gasteiger partial charge in [0.05, 0.1) is 25.2 Å². The van der Waals surface area contributed by atoms with Gasteiger partial charge in [0.25, 0.3) is 0 Å². The van der Waals surface area contributed by atoms with Gasteiger partial charge in [-0.15, -0.1) is 0 Å². The highest BCUT2D eigenvalue weighted by Crippen LogP contribution is 2.19. The third kappa shape index (κ3) is 5.49. The van der Waals surface area contributed by atoms with Gasteiger partial charge in [-0.1, -0.05) is 12.1 Å². The van der Waals surface area contributed by atoms with E-state index in [9.17, 15) is 4.79 Å². The van der Waals surface area contributed by atoms with Crippen molar-refractivity contribution in [1.82, 2.24) is 0 Å². The molecule has 94 valence electrons.